The fourth-order valence-corrected chi connectivity index (χ4v) is 4.01. The largest absolute Gasteiger partial charge is 0.262 e. The summed E-state index contributed by atoms with van der Waals surface area (Å²) in [5.74, 6) is 0.707. The zero-order valence-corrected chi connectivity index (χ0v) is 12.7. The average molecular weight is 333 g/mol. The number of rotatable bonds is 3. The minimum atomic E-state index is -3.44. The predicted molar refractivity (Wildman–Crippen MR) is 73.7 cm³/mol. The van der Waals surface area contributed by atoms with Crippen LogP contribution in [0.1, 0.15) is 32.6 Å². The van der Waals surface area contributed by atoms with Gasteiger partial charge >= 0.3 is 0 Å². The van der Waals surface area contributed by atoms with Crippen molar-refractivity contribution in [2.24, 2.45) is 5.92 Å². The summed E-state index contributed by atoms with van der Waals surface area (Å²) in [7, 11) is -3.44. The van der Waals surface area contributed by atoms with Crippen molar-refractivity contribution in [3.63, 3.8) is 0 Å². The molecule has 0 saturated heterocycles. The van der Waals surface area contributed by atoms with E-state index in [9.17, 15) is 8.42 Å². The number of hydrogen-bond donors (Lipinski definition) is 1. The van der Waals surface area contributed by atoms with Gasteiger partial charge < -0.3 is 0 Å². The van der Waals surface area contributed by atoms with Crippen molar-refractivity contribution in [3.8, 4) is 0 Å². The first-order valence-corrected chi connectivity index (χ1v) is 8.38. The lowest BCUT2D eigenvalue weighted by Gasteiger charge is -2.26. The molecule has 1 aromatic rings. The van der Waals surface area contributed by atoms with Crippen LogP contribution in [0, 0.1) is 5.92 Å². The van der Waals surface area contributed by atoms with Gasteiger partial charge in [-0.05, 0) is 53.6 Å². The molecule has 0 unspecified atom stereocenters. The van der Waals surface area contributed by atoms with Crippen molar-refractivity contribution in [2.75, 3.05) is 0 Å². The summed E-state index contributed by atoms with van der Waals surface area (Å²) in [6.45, 7) is 2.21. The lowest BCUT2D eigenvalue weighted by molar-refractivity contribution is 0.332. The Labute approximate surface area is 116 Å². The molecule has 4 nitrogen and oxygen atoms in total. The van der Waals surface area contributed by atoms with Crippen LogP contribution in [-0.2, 0) is 10.0 Å². The molecule has 0 spiro atoms. The Bertz CT molecular complexity index is 511. The van der Waals surface area contributed by atoms with Gasteiger partial charge in [0.25, 0.3) is 0 Å². The first kappa shape index (κ1) is 14.0. The molecule has 2 rings (SSSR count). The van der Waals surface area contributed by atoms with Crippen molar-refractivity contribution >= 4 is 26.0 Å². The minimum absolute atomic E-state index is 0.0604. The van der Waals surface area contributed by atoms with E-state index in [4.69, 9.17) is 0 Å². The summed E-state index contributed by atoms with van der Waals surface area (Å²) in [6, 6.07) is 1.63. The molecule has 0 aliphatic heterocycles. The molecular formula is C12H17BrN2O2S. The Morgan fingerprint density at radius 2 is 1.94 bits per heavy atom. The zero-order valence-electron chi connectivity index (χ0n) is 10.3. The lowest BCUT2D eigenvalue weighted by Crippen LogP contribution is -2.37. The Morgan fingerprint density at radius 1 is 1.28 bits per heavy atom. The molecule has 1 aromatic heterocycles. The van der Waals surface area contributed by atoms with E-state index in [1.807, 2.05) is 0 Å². The lowest BCUT2D eigenvalue weighted by atomic mass is 9.88. The number of aromatic nitrogens is 1. The summed E-state index contributed by atoms with van der Waals surface area (Å²) < 4.78 is 27.8. The Morgan fingerprint density at radius 3 is 2.56 bits per heavy atom. The molecule has 1 heterocycles. The first-order valence-electron chi connectivity index (χ1n) is 6.10. The Hall–Kier alpha value is -0.460. The minimum Gasteiger partial charge on any atom is -0.262 e. The third-order valence-corrected chi connectivity index (χ3v) is 5.25. The predicted octanol–water partition coefficient (Wildman–Crippen LogP) is 2.70. The van der Waals surface area contributed by atoms with Crippen molar-refractivity contribution in [3.05, 3.63) is 22.9 Å². The van der Waals surface area contributed by atoms with Crippen LogP contribution >= 0.6 is 15.9 Å². The summed E-state index contributed by atoms with van der Waals surface area (Å²) in [4.78, 5) is 4.11. The molecule has 1 aliphatic rings. The van der Waals surface area contributed by atoms with Gasteiger partial charge in [0.2, 0.25) is 10.0 Å². The molecule has 0 bridgehead atoms. The molecule has 18 heavy (non-hydrogen) atoms. The molecule has 1 fully saturated rings. The quantitative estimate of drug-likeness (QED) is 0.925. The van der Waals surface area contributed by atoms with Crippen LogP contribution in [0.2, 0.25) is 0 Å². The van der Waals surface area contributed by atoms with E-state index in [0.717, 1.165) is 25.7 Å². The highest BCUT2D eigenvalue weighted by Crippen LogP contribution is 2.25. The molecule has 0 aromatic carbocycles. The maximum absolute atomic E-state index is 12.2. The monoisotopic (exact) mass is 332 g/mol. The van der Waals surface area contributed by atoms with Gasteiger partial charge in [-0.1, -0.05) is 6.92 Å². The van der Waals surface area contributed by atoms with Crippen molar-refractivity contribution in [1.29, 1.82) is 0 Å². The van der Waals surface area contributed by atoms with Crippen LogP contribution in [-0.4, -0.2) is 19.4 Å². The van der Waals surface area contributed by atoms with Crippen LogP contribution in [0.4, 0.5) is 0 Å². The topological polar surface area (TPSA) is 59.1 Å². The highest BCUT2D eigenvalue weighted by molar-refractivity contribution is 9.10. The maximum Gasteiger partial charge on any atom is 0.242 e. The van der Waals surface area contributed by atoms with Gasteiger partial charge in [-0.15, -0.1) is 0 Å². The molecular weight excluding hydrogens is 316 g/mol. The van der Waals surface area contributed by atoms with Crippen LogP contribution in [0.15, 0.2) is 27.8 Å². The number of hydrogen-bond acceptors (Lipinski definition) is 3. The Kier molecular flexibility index (Phi) is 4.40. The summed E-state index contributed by atoms with van der Waals surface area (Å²) >= 11 is 3.23. The fraction of sp³-hybridized carbons (Fsp3) is 0.583. The third-order valence-electron chi connectivity index (χ3n) is 3.33. The van der Waals surface area contributed by atoms with E-state index >= 15 is 0 Å². The molecule has 1 N–H and O–H groups in total. The van der Waals surface area contributed by atoms with Crippen LogP contribution in [0.25, 0.3) is 0 Å². The third kappa shape index (κ3) is 3.52. The first-order chi connectivity index (χ1) is 8.47. The number of halogens is 1. The van der Waals surface area contributed by atoms with Crippen LogP contribution in [0.5, 0.6) is 0 Å². The van der Waals surface area contributed by atoms with Crippen molar-refractivity contribution in [1.82, 2.24) is 9.71 Å². The van der Waals surface area contributed by atoms with Gasteiger partial charge in [-0.2, -0.15) is 0 Å². The second-order valence-corrected chi connectivity index (χ2v) is 7.55. The number of nitrogens with one attached hydrogen (secondary N) is 1. The molecule has 100 valence electrons. The van der Waals surface area contributed by atoms with Gasteiger partial charge in [0.1, 0.15) is 4.90 Å². The fourth-order valence-electron chi connectivity index (χ4n) is 2.20. The summed E-state index contributed by atoms with van der Waals surface area (Å²) in [6.07, 6.45) is 6.96. The second-order valence-electron chi connectivity index (χ2n) is 4.92. The van der Waals surface area contributed by atoms with Gasteiger partial charge in [-0.3, -0.25) is 4.98 Å². The van der Waals surface area contributed by atoms with Gasteiger partial charge in [0, 0.05) is 22.9 Å². The smallest absolute Gasteiger partial charge is 0.242 e. The van der Waals surface area contributed by atoms with E-state index < -0.39 is 10.0 Å². The van der Waals surface area contributed by atoms with E-state index in [1.165, 1.54) is 6.20 Å². The van der Waals surface area contributed by atoms with E-state index in [-0.39, 0.29) is 10.9 Å². The Balaban J connectivity index is 2.08. The number of nitrogens with zero attached hydrogens (tertiary/aromatic N) is 1. The summed E-state index contributed by atoms with van der Waals surface area (Å²) in [5.41, 5.74) is 0. The van der Waals surface area contributed by atoms with Gasteiger partial charge in [-0.25, -0.2) is 13.1 Å². The molecule has 0 radical (unpaired) electrons. The molecule has 0 atom stereocenters. The van der Waals surface area contributed by atoms with Crippen LogP contribution < -0.4 is 4.72 Å². The van der Waals surface area contributed by atoms with E-state index in [1.54, 1.807) is 12.3 Å². The second kappa shape index (κ2) is 5.67. The maximum atomic E-state index is 12.2. The molecule has 6 heteroatoms. The molecule has 1 saturated carbocycles. The van der Waals surface area contributed by atoms with E-state index in [0.29, 0.717) is 10.4 Å². The van der Waals surface area contributed by atoms with Gasteiger partial charge in [0.05, 0.1) is 0 Å². The van der Waals surface area contributed by atoms with Crippen molar-refractivity contribution < 1.29 is 8.42 Å². The standard InChI is InChI=1S/C12H17BrN2O2S/c1-9-2-4-11(5-3-9)15-18(16,17)12-6-10(13)7-14-8-12/h6-9,11,15H,2-5H2,1H3. The number of pyridine rings is 1. The van der Waals surface area contributed by atoms with Crippen LogP contribution in [0.3, 0.4) is 0 Å². The highest BCUT2D eigenvalue weighted by Gasteiger charge is 2.24. The molecule has 1 aliphatic carbocycles. The molecule has 0 amide bonds. The zero-order chi connectivity index (χ0) is 13.2. The van der Waals surface area contributed by atoms with Crippen molar-refractivity contribution in [2.45, 2.75) is 43.5 Å². The number of sulfonamides is 1. The SMILES string of the molecule is CC1CCC(NS(=O)(=O)c2cncc(Br)c2)CC1. The van der Waals surface area contributed by atoms with Gasteiger partial charge in [0.15, 0.2) is 0 Å². The van der Waals surface area contributed by atoms with E-state index in [2.05, 4.69) is 32.6 Å². The summed E-state index contributed by atoms with van der Waals surface area (Å²) in [5, 5.41) is 0. The normalized spacial score (nSPS) is 25.0. The average Bonchev–Trinajstić information content (AvgIpc) is 2.32. The highest BCUT2D eigenvalue weighted by atomic mass is 79.9.